The minimum absolute atomic E-state index is 0.226. The molecule has 0 aliphatic carbocycles. The second-order valence-corrected chi connectivity index (χ2v) is 9.07. The molecule has 0 amide bonds. The largest absolute Gasteiger partial charge is 0.481 e. The number of aliphatic imine (C=N–C) groups is 1. The van der Waals surface area contributed by atoms with Crippen LogP contribution < -0.4 is 10.6 Å². The van der Waals surface area contributed by atoms with Gasteiger partial charge in [0.2, 0.25) is 5.12 Å². The standard InChI is InChI=1S/C20H17ClN4O3S2/c21-12-3-6-14-16(9-12)29-19(24-14)22-8-7-11-1-4-13(5-2-11)23-20-25-15(10-17(26)27)18(28)30-20/h1-6,9,15H,7-8,10H2,(H,22,24)(H,23,25)(H,26,27)/t15-/m0/s1. The summed E-state index contributed by atoms with van der Waals surface area (Å²) in [4.78, 5) is 31.5. The van der Waals surface area contributed by atoms with Crippen molar-refractivity contribution in [3.63, 3.8) is 0 Å². The van der Waals surface area contributed by atoms with Crippen molar-refractivity contribution in [1.82, 2.24) is 10.3 Å². The molecule has 2 aromatic carbocycles. The van der Waals surface area contributed by atoms with E-state index in [-0.39, 0.29) is 11.5 Å². The molecule has 2 heterocycles. The monoisotopic (exact) mass is 460 g/mol. The first-order valence-corrected chi connectivity index (χ1v) is 11.1. The fourth-order valence-corrected chi connectivity index (χ4v) is 4.90. The number of aliphatic carboxylic acids is 1. The van der Waals surface area contributed by atoms with E-state index in [1.165, 1.54) is 0 Å². The summed E-state index contributed by atoms with van der Waals surface area (Å²) in [5, 5.41) is 16.8. The van der Waals surface area contributed by atoms with Crippen molar-refractivity contribution in [2.45, 2.75) is 18.9 Å². The summed E-state index contributed by atoms with van der Waals surface area (Å²) < 4.78 is 1.05. The van der Waals surface area contributed by atoms with Crippen LogP contribution in [0.3, 0.4) is 0 Å². The number of carboxylic acid groups (broad SMARTS) is 1. The van der Waals surface area contributed by atoms with Crippen molar-refractivity contribution in [3.8, 4) is 0 Å². The van der Waals surface area contributed by atoms with Crippen LogP contribution in [0.15, 0.2) is 47.5 Å². The van der Waals surface area contributed by atoms with Gasteiger partial charge in [-0.15, -0.1) is 0 Å². The highest BCUT2D eigenvalue weighted by Gasteiger charge is 2.31. The number of benzene rings is 2. The van der Waals surface area contributed by atoms with Gasteiger partial charge in [0.15, 0.2) is 10.3 Å². The first-order valence-electron chi connectivity index (χ1n) is 9.14. The maximum absolute atomic E-state index is 11.8. The van der Waals surface area contributed by atoms with Crippen molar-refractivity contribution in [1.29, 1.82) is 0 Å². The van der Waals surface area contributed by atoms with E-state index < -0.39 is 12.0 Å². The molecule has 10 heteroatoms. The van der Waals surface area contributed by atoms with Crippen molar-refractivity contribution < 1.29 is 14.7 Å². The van der Waals surface area contributed by atoms with Gasteiger partial charge in [0.25, 0.3) is 0 Å². The van der Waals surface area contributed by atoms with Crippen LogP contribution >= 0.6 is 34.7 Å². The topological polar surface area (TPSA) is 104 Å². The number of hydrogen-bond acceptors (Lipinski definition) is 7. The third-order valence-electron chi connectivity index (χ3n) is 4.37. The Bertz CT molecular complexity index is 1130. The number of carbonyl (C=O) groups is 2. The molecule has 1 aliphatic heterocycles. The van der Waals surface area contributed by atoms with Crippen LogP contribution in [0.4, 0.5) is 10.8 Å². The summed E-state index contributed by atoms with van der Waals surface area (Å²) in [6, 6.07) is 12.6. The number of aromatic nitrogens is 1. The highest BCUT2D eigenvalue weighted by molar-refractivity contribution is 8.27. The van der Waals surface area contributed by atoms with E-state index in [0.29, 0.717) is 15.9 Å². The number of anilines is 1. The molecule has 1 aliphatic rings. The van der Waals surface area contributed by atoms with Gasteiger partial charge in [-0.2, -0.15) is 0 Å². The van der Waals surface area contributed by atoms with Crippen LogP contribution in [0.2, 0.25) is 5.02 Å². The van der Waals surface area contributed by atoms with E-state index in [1.54, 1.807) is 11.3 Å². The highest BCUT2D eigenvalue weighted by Crippen LogP contribution is 2.28. The predicted octanol–water partition coefficient (Wildman–Crippen LogP) is 4.30. The van der Waals surface area contributed by atoms with Gasteiger partial charge >= 0.3 is 5.97 Å². The average Bonchev–Trinajstić information content (AvgIpc) is 3.25. The number of nitrogens with one attached hydrogen (secondary N) is 2. The highest BCUT2D eigenvalue weighted by atomic mass is 35.5. The molecular weight excluding hydrogens is 444 g/mol. The molecule has 3 N–H and O–H groups in total. The maximum atomic E-state index is 11.8. The number of fused-ring (bicyclic) bond motifs is 1. The lowest BCUT2D eigenvalue weighted by Crippen LogP contribution is -2.31. The molecule has 4 rings (SSSR count). The van der Waals surface area contributed by atoms with Crippen LogP contribution in [-0.4, -0.2) is 38.9 Å². The predicted molar refractivity (Wildman–Crippen MR) is 122 cm³/mol. The number of carbonyl (C=O) groups excluding carboxylic acids is 1. The number of rotatable bonds is 7. The Balaban J connectivity index is 1.31. The average molecular weight is 461 g/mol. The first kappa shape index (κ1) is 20.6. The van der Waals surface area contributed by atoms with Crippen LogP contribution in [0.5, 0.6) is 0 Å². The molecule has 1 aromatic heterocycles. The molecule has 154 valence electrons. The maximum Gasteiger partial charge on any atom is 0.305 e. The zero-order valence-corrected chi connectivity index (χ0v) is 18.0. The smallest absolute Gasteiger partial charge is 0.305 e. The summed E-state index contributed by atoms with van der Waals surface area (Å²) in [6.45, 7) is 0.740. The minimum atomic E-state index is -1.02. The van der Waals surface area contributed by atoms with Crippen molar-refractivity contribution in [2.75, 3.05) is 11.9 Å². The number of carboxylic acids is 1. The van der Waals surface area contributed by atoms with Crippen LogP contribution in [-0.2, 0) is 16.0 Å². The van der Waals surface area contributed by atoms with Crippen molar-refractivity contribution in [2.24, 2.45) is 4.99 Å². The molecule has 0 spiro atoms. The van der Waals surface area contributed by atoms with Gasteiger partial charge in [-0.1, -0.05) is 35.1 Å². The van der Waals surface area contributed by atoms with Crippen LogP contribution in [0.25, 0.3) is 10.2 Å². The lowest BCUT2D eigenvalue weighted by molar-refractivity contribution is -0.138. The second kappa shape index (κ2) is 9.03. The van der Waals surface area contributed by atoms with Crippen molar-refractivity contribution in [3.05, 3.63) is 53.1 Å². The Morgan fingerprint density at radius 2 is 2.07 bits per heavy atom. The van der Waals surface area contributed by atoms with Gasteiger partial charge in [-0.05, 0) is 54.1 Å². The summed E-state index contributed by atoms with van der Waals surface area (Å²) in [5.74, 6) is -1.02. The summed E-state index contributed by atoms with van der Waals surface area (Å²) >= 11 is 8.53. The number of nitrogens with zero attached hydrogens (tertiary/aromatic N) is 2. The Morgan fingerprint density at radius 1 is 1.27 bits per heavy atom. The molecule has 1 fully saturated rings. The molecule has 0 unspecified atom stereocenters. The summed E-state index contributed by atoms with van der Waals surface area (Å²) in [7, 11) is 0. The summed E-state index contributed by atoms with van der Waals surface area (Å²) in [6.07, 6.45) is 0.568. The zero-order chi connectivity index (χ0) is 21.1. The fourth-order valence-electron chi connectivity index (χ4n) is 2.91. The quantitative estimate of drug-likeness (QED) is 0.483. The minimum Gasteiger partial charge on any atom is -0.481 e. The molecular formula is C20H17ClN4O3S2. The molecule has 0 bridgehead atoms. The Morgan fingerprint density at radius 3 is 2.83 bits per heavy atom. The van der Waals surface area contributed by atoms with E-state index in [1.807, 2.05) is 42.5 Å². The van der Waals surface area contributed by atoms with E-state index in [2.05, 4.69) is 20.6 Å². The zero-order valence-electron chi connectivity index (χ0n) is 15.6. The lowest BCUT2D eigenvalue weighted by atomic mass is 10.1. The molecule has 3 aromatic rings. The first-order chi connectivity index (χ1) is 14.5. The molecule has 1 atom stereocenters. The van der Waals surface area contributed by atoms with Gasteiger partial charge in [-0.25, -0.2) is 9.98 Å². The van der Waals surface area contributed by atoms with Crippen molar-refractivity contribution >= 4 is 72.0 Å². The SMILES string of the molecule is O=C(O)C[C@@H]1N/C(=N/c2ccc(CCNc3nc4ccc(Cl)cc4s3)cc2)SC1=O. The number of thiazole rings is 1. The van der Waals surface area contributed by atoms with Gasteiger partial charge < -0.3 is 15.7 Å². The van der Waals surface area contributed by atoms with Gasteiger partial charge in [0, 0.05) is 11.6 Å². The lowest BCUT2D eigenvalue weighted by Gasteiger charge is -2.05. The molecule has 30 heavy (non-hydrogen) atoms. The van der Waals surface area contributed by atoms with Gasteiger partial charge in [0.1, 0.15) is 6.04 Å². The van der Waals surface area contributed by atoms with E-state index in [4.69, 9.17) is 16.7 Å². The number of halogens is 1. The fraction of sp³-hybridized carbons (Fsp3) is 0.200. The van der Waals surface area contributed by atoms with E-state index >= 15 is 0 Å². The van der Waals surface area contributed by atoms with E-state index in [0.717, 1.165) is 45.6 Å². The van der Waals surface area contributed by atoms with Gasteiger partial charge in [0.05, 0.1) is 22.3 Å². The second-order valence-electron chi connectivity index (χ2n) is 6.61. The van der Waals surface area contributed by atoms with Crippen LogP contribution in [0.1, 0.15) is 12.0 Å². The summed E-state index contributed by atoms with van der Waals surface area (Å²) in [5.41, 5.74) is 2.77. The molecule has 0 saturated carbocycles. The molecule has 1 saturated heterocycles. The van der Waals surface area contributed by atoms with E-state index in [9.17, 15) is 9.59 Å². The number of hydrogen-bond donors (Lipinski definition) is 3. The normalized spacial score (nSPS) is 17.4. The number of amidine groups is 1. The third-order valence-corrected chi connectivity index (χ3v) is 6.46. The molecule has 7 nitrogen and oxygen atoms in total. The third kappa shape index (κ3) is 5.10. The Kier molecular flexibility index (Phi) is 6.21. The number of thioether (sulfide) groups is 1. The Labute approximate surface area is 185 Å². The van der Waals surface area contributed by atoms with Gasteiger partial charge in [-0.3, -0.25) is 9.59 Å². The Hall–Kier alpha value is -2.62. The van der Waals surface area contributed by atoms with Crippen LogP contribution in [0, 0.1) is 0 Å². The molecule has 0 radical (unpaired) electrons.